The molecule has 0 saturated carbocycles. The highest BCUT2D eigenvalue weighted by Crippen LogP contribution is 2.38. The maximum atomic E-state index is 9.50. The summed E-state index contributed by atoms with van der Waals surface area (Å²) in [6.45, 7) is 11.2. The molecule has 0 spiro atoms. The Labute approximate surface area is 133 Å². The Morgan fingerprint density at radius 3 is 2.52 bits per heavy atom. The number of nitrogens with one attached hydrogen (secondary N) is 1. The highest BCUT2D eigenvalue weighted by molar-refractivity contribution is 8.00. The number of rotatable bonds is 5. The second-order valence-electron chi connectivity index (χ2n) is 6.57. The molecule has 0 bridgehead atoms. The molecule has 2 rings (SSSR count). The van der Waals surface area contributed by atoms with Crippen LogP contribution in [0.3, 0.4) is 0 Å². The summed E-state index contributed by atoms with van der Waals surface area (Å²) >= 11 is 1.92. The molecule has 1 aliphatic heterocycles. The Morgan fingerprint density at radius 2 is 1.90 bits per heavy atom. The van der Waals surface area contributed by atoms with Gasteiger partial charge in [-0.05, 0) is 18.1 Å². The minimum atomic E-state index is 0.198. The van der Waals surface area contributed by atoms with Crippen LogP contribution in [0.25, 0.3) is 0 Å². The molecule has 1 aliphatic rings. The second-order valence-corrected chi connectivity index (χ2v) is 8.44. The van der Waals surface area contributed by atoms with Gasteiger partial charge in [-0.2, -0.15) is 0 Å². The van der Waals surface area contributed by atoms with E-state index in [1.807, 2.05) is 11.8 Å². The van der Waals surface area contributed by atoms with Crippen LogP contribution in [0, 0.1) is 0 Å². The molecule has 1 aromatic rings. The van der Waals surface area contributed by atoms with E-state index in [0.717, 1.165) is 32.6 Å². The quantitative estimate of drug-likeness (QED) is 0.820. The first-order chi connectivity index (χ1) is 10.0. The summed E-state index contributed by atoms with van der Waals surface area (Å²) in [6.07, 6.45) is 0.807. The maximum absolute atomic E-state index is 9.50. The Bertz CT molecular complexity index is 439. The topological polar surface area (TPSA) is 35.5 Å². The van der Waals surface area contributed by atoms with Crippen molar-refractivity contribution in [1.29, 1.82) is 0 Å². The van der Waals surface area contributed by atoms with Crippen molar-refractivity contribution in [2.75, 3.05) is 32.8 Å². The predicted molar refractivity (Wildman–Crippen MR) is 90.9 cm³/mol. The zero-order chi connectivity index (χ0) is 15.3. The molecule has 1 fully saturated rings. The normalized spacial score (nSPS) is 18.7. The molecule has 0 amide bonds. The van der Waals surface area contributed by atoms with Gasteiger partial charge in [-0.3, -0.25) is 4.90 Å². The Kier molecular flexibility index (Phi) is 6.11. The number of aliphatic hydroxyl groups excluding tert-OH is 1. The molecule has 3 nitrogen and oxygen atoms in total. The highest BCUT2D eigenvalue weighted by Gasteiger charge is 2.25. The van der Waals surface area contributed by atoms with Gasteiger partial charge in [0.25, 0.3) is 0 Å². The van der Waals surface area contributed by atoms with Gasteiger partial charge < -0.3 is 10.4 Å². The van der Waals surface area contributed by atoms with Gasteiger partial charge in [0.05, 0.1) is 0 Å². The molecule has 2 N–H and O–H groups in total. The van der Waals surface area contributed by atoms with Gasteiger partial charge in [0.15, 0.2) is 0 Å². The smallest absolute Gasteiger partial charge is 0.0449 e. The first-order valence-corrected chi connectivity index (χ1v) is 8.66. The van der Waals surface area contributed by atoms with Crippen molar-refractivity contribution in [2.45, 2.75) is 42.9 Å². The van der Waals surface area contributed by atoms with E-state index in [-0.39, 0.29) is 11.4 Å². The average molecular weight is 308 g/mol. The fourth-order valence-corrected chi connectivity index (χ4v) is 3.96. The van der Waals surface area contributed by atoms with Crippen LogP contribution in [0.15, 0.2) is 29.2 Å². The molecule has 1 heterocycles. The van der Waals surface area contributed by atoms with E-state index in [1.165, 1.54) is 10.5 Å². The molecule has 0 aromatic heterocycles. The molecule has 0 unspecified atom stereocenters. The monoisotopic (exact) mass is 308 g/mol. The van der Waals surface area contributed by atoms with Crippen molar-refractivity contribution in [3.05, 3.63) is 29.8 Å². The van der Waals surface area contributed by atoms with Gasteiger partial charge in [0.1, 0.15) is 0 Å². The SMILES string of the molecule is CC(C)(C)Sc1ccccc1[C@@H](CCO)N1CCNCC1. The summed E-state index contributed by atoms with van der Waals surface area (Å²) in [6, 6.07) is 9.01. The zero-order valence-corrected chi connectivity index (χ0v) is 14.2. The standard InChI is InChI=1S/C17H28N2OS/c1-17(2,3)21-16-7-5-4-6-14(16)15(8-13-20)19-11-9-18-10-12-19/h4-7,15,18,20H,8-13H2,1-3H3/t15-/m1/s1. The van der Waals surface area contributed by atoms with Crippen LogP contribution in [-0.4, -0.2) is 47.5 Å². The minimum absolute atomic E-state index is 0.198. The molecule has 4 heteroatoms. The van der Waals surface area contributed by atoms with E-state index in [9.17, 15) is 5.11 Å². The van der Waals surface area contributed by atoms with Crippen LogP contribution in [0.5, 0.6) is 0 Å². The van der Waals surface area contributed by atoms with E-state index >= 15 is 0 Å². The van der Waals surface area contributed by atoms with Crippen LogP contribution >= 0.6 is 11.8 Å². The lowest BCUT2D eigenvalue weighted by atomic mass is 10.0. The van der Waals surface area contributed by atoms with E-state index < -0.39 is 0 Å². The third-order valence-corrected chi connectivity index (χ3v) is 4.89. The average Bonchev–Trinajstić information content (AvgIpc) is 2.45. The van der Waals surface area contributed by atoms with Gasteiger partial charge >= 0.3 is 0 Å². The Hall–Kier alpha value is -0.550. The van der Waals surface area contributed by atoms with Crippen LogP contribution in [0.1, 0.15) is 38.8 Å². The summed E-state index contributed by atoms with van der Waals surface area (Å²) in [5, 5.41) is 12.9. The van der Waals surface area contributed by atoms with Crippen molar-refractivity contribution < 1.29 is 5.11 Å². The van der Waals surface area contributed by atoms with E-state index in [4.69, 9.17) is 0 Å². The molecular formula is C17H28N2OS. The number of thioether (sulfide) groups is 1. The summed E-state index contributed by atoms with van der Waals surface area (Å²) in [5.41, 5.74) is 1.37. The summed E-state index contributed by atoms with van der Waals surface area (Å²) in [5.74, 6) is 0. The van der Waals surface area contributed by atoms with Crippen LogP contribution in [0.2, 0.25) is 0 Å². The zero-order valence-electron chi connectivity index (χ0n) is 13.4. The number of hydrogen-bond acceptors (Lipinski definition) is 4. The van der Waals surface area contributed by atoms with Crippen LogP contribution in [-0.2, 0) is 0 Å². The van der Waals surface area contributed by atoms with Gasteiger partial charge in [0.2, 0.25) is 0 Å². The number of benzene rings is 1. The Morgan fingerprint density at radius 1 is 1.24 bits per heavy atom. The molecular weight excluding hydrogens is 280 g/mol. The largest absolute Gasteiger partial charge is 0.396 e. The summed E-state index contributed by atoms with van der Waals surface area (Å²) in [7, 11) is 0. The van der Waals surface area contributed by atoms with Crippen LogP contribution in [0.4, 0.5) is 0 Å². The third kappa shape index (κ3) is 4.99. The van der Waals surface area contributed by atoms with Gasteiger partial charge in [0, 0.05) is 48.5 Å². The Balaban J connectivity index is 2.26. The van der Waals surface area contributed by atoms with Crippen molar-refractivity contribution in [1.82, 2.24) is 10.2 Å². The van der Waals surface area contributed by atoms with E-state index in [2.05, 4.69) is 55.3 Å². The van der Waals surface area contributed by atoms with Crippen molar-refractivity contribution in [3.63, 3.8) is 0 Å². The van der Waals surface area contributed by atoms with Gasteiger partial charge in [-0.1, -0.05) is 39.0 Å². The second kappa shape index (κ2) is 7.63. The fourth-order valence-electron chi connectivity index (χ4n) is 2.83. The van der Waals surface area contributed by atoms with Gasteiger partial charge in [-0.15, -0.1) is 11.8 Å². The lowest BCUT2D eigenvalue weighted by molar-refractivity contribution is 0.139. The highest BCUT2D eigenvalue weighted by atomic mass is 32.2. The van der Waals surface area contributed by atoms with Crippen molar-refractivity contribution in [2.24, 2.45) is 0 Å². The number of aliphatic hydroxyl groups is 1. The predicted octanol–water partition coefficient (Wildman–Crippen LogP) is 2.91. The molecule has 1 aromatic carbocycles. The molecule has 1 atom stereocenters. The maximum Gasteiger partial charge on any atom is 0.0449 e. The summed E-state index contributed by atoms with van der Waals surface area (Å²) < 4.78 is 0.198. The molecule has 0 aliphatic carbocycles. The fraction of sp³-hybridized carbons (Fsp3) is 0.647. The lowest BCUT2D eigenvalue weighted by Crippen LogP contribution is -2.45. The molecule has 21 heavy (non-hydrogen) atoms. The van der Waals surface area contributed by atoms with Crippen LogP contribution < -0.4 is 5.32 Å². The van der Waals surface area contributed by atoms with E-state index in [0.29, 0.717) is 6.04 Å². The molecule has 118 valence electrons. The first kappa shape index (κ1) is 16.8. The lowest BCUT2D eigenvalue weighted by Gasteiger charge is -2.36. The van der Waals surface area contributed by atoms with Crippen molar-refractivity contribution in [3.8, 4) is 0 Å². The van der Waals surface area contributed by atoms with Crippen molar-refractivity contribution >= 4 is 11.8 Å². The number of hydrogen-bond donors (Lipinski definition) is 2. The summed E-state index contributed by atoms with van der Waals surface area (Å²) in [4.78, 5) is 3.86. The van der Waals surface area contributed by atoms with Gasteiger partial charge in [-0.25, -0.2) is 0 Å². The number of nitrogens with zero attached hydrogens (tertiary/aromatic N) is 1. The minimum Gasteiger partial charge on any atom is -0.396 e. The third-order valence-electron chi connectivity index (χ3n) is 3.69. The molecule has 0 radical (unpaired) electrons. The number of piperazine rings is 1. The first-order valence-electron chi connectivity index (χ1n) is 7.85. The van der Waals surface area contributed by atoms with E-state index in [1.54, 1.807) is 0 Å². The molecule has 1 saturated heterocycles.